The maximum absolute atomic E-state index is 12.3. The number of nitrogens with zero attached hydrogens (tertiary/aromatic N) is 2. The van der Waals surface area contributed by atoms with Crippen molar-refractivity contribution >= 4 is 11.4 Å². The van der Waals surface area contributed by atoms with Crippen LogP contribution in [0.5, 0.6) is 11.5 Å². The van der Waals surface area contributed by atoms with Crippen LogP contribution in [0, 0.1) is 6.92 Å². The molecule has 0 amide bonds. The Labute approximate surface area is 209 Å². The molecule has 7 heteroatoms. The smallest absolute Gasteiger partial charge is 0.271 e. The first-order valence-electron chi connectivity index (χ1n) is 12.3. The summed E-state index contributed by atoms with van der Waals surface area (Å²) < 4.78 is 12.6. The molecular weight excluding hydrogens is 452 g/mol. The van der Waals surface area contributed by atoms with E-state index in [1.807, 2.05) is 36.5 Å². The number of morpholine rings is 1. The molecule has 1 saturated heterocycles. The first kappa shape index (κ1) is 22.4. The predicted octanol–water partition coefficient (Wildman–Crippen LogP) is 4.96. The summed E-state index contributed by atoms with van der Waals surface area (Å²) in [5, 5.41) is 3.48. The molecule has 1 atom stereocenters. The number of aromatic amines is 1. The van der Waals surface area contributed by atoms with E-state index in [1.54, 1.807) is 6.20 Å². The molecule has 4 aromatic rings. The topological polar surface area (TPSA) is 79.5 Å². The predicted molar refractivity (Wildman–Crippen MR) is 140 cm³/mol. The summed E-state index contributed by atoms with van der Waals surface area (Å²) in [6, 6.07) is 20.3. The van der Waals surface area contributed by atoms with Crippen molar-refractivity contribution in [1.29, 1.82) is 0 Å². The Morgan fingerprint density at radius 2 is 2.06 bits per heavy atom. The standard InChI is InChI=1S/C29H28N4O3/c1-19-9-11-30-23(14-19)17-32-22-7-8-26-21(16-22)15-20-4-2-5-24(28(20)36-26)27-18-33(12-13-35-27)25-6-3-10-31-29(25)34/h2-11,14,16,27,32H,12-13,15,17-18H2,1H3,(H,31,34). The van der Waals surface area contributed by atoms with Gasteiger partial charge in [-0.2, -0.15) is 0 Å². The normalized spacial score (nSPS) is 16.6. The molecule has 4 heterocycles. The average Bonchev–Trinajstić information content (AvgIpc) is 2.91. The highest BCUT2D eigenvalue weighted by atomic mass is 16.5. The monoisotopic (exact) mass is 480 g/mol. The molecule has 7 nitrogen and oxygen atoms in total. The highest BCUT2D eigenvalue weighted by molar-refractivity contribution is 5.59. The fraction of sp³-hybridized carbons (Fsp3) is 0.241. The second kappa shape index (κ2) is 9.51. The van der Waals surface area contributed by atoms with Gasteiger partial charge in [0.1, 0.15) is 23.3 Å². The zero-order valence-corrected chi connectivity index (χ0v) is 20.2. The Balaban J connectivity index is 1.21. The van der Waals surface area contributed by atoms with Gasteiger partial charge in [-0.15, -0.1) is 0 Å². The SMILES string of the molecule is Cc1ccnc(CNc2ccc3c(c2)Cc2cccc(C4CN(c5ccc[nH]c5=O)CCO4)c2O3)c1. The fourth-order valence-corrected chi connectivity index (χ4v) is 4.97. The van der Waals surface area contributed by atoms with Gasteiger partial charge in [-0.05, 0) is 60.5 Å². The first-order chi connectivity index (χ1) is 17.6. The van der Waals surface area contributed by atoms with Crippen molar-refractivity contribution in [2.75, 3.05) is 29.9 Å². The lowest BCUT2D eigenvalue weighted by Crippen LogP contribution is -2.41. The lowest BCUT2D eigenvalue weighted by atomic mass is 9.95. The minimum Gasteiger partial charge on any atom is -0.456 e. The second-order valence-corrected chi connectivity index (χ2v) is 9.30. The fourth-order valence-electron chi connectivity index (χ4n) is 4.97. The summed E-state index contributed by atoms with van der Waals surface area (Å²) in [6.07, 6.45) is 4.10. The highest BCUT2D eigenvalue weighted by Gasteiger charge is 2.29. The van der Waals surface area contributed by atoms with E-state index < -0.39 is 0 Å². The lowest BCUT2D eigenvalue weighted by molar-refractivity contribution is 0.0383. The van der Waals surface area contributed by atoms with Crippen LogP contribution in [0.25, 0.3) is 0 Å². The Hall–Kier alpha value is -4.10. The van der Waals surface area contributed by atoms with Crippen LogP contribution in [-0.2, 0) is 17.7 Å². The molecule has 6 rings (SSSR count). The summed E-state index contributed by atoms with van der Waals surface area (Å²) in [5.41, 5.74) is 7.14. The van der Waals surface area contributed by atoms with Crippen LogP contribution >= 0.6 is 0 Å². The van der Waals surface area contributed by atoms with E-state index in [9.17, 15) is 4.79 Å². The number of H-pyrrole nitrogens is 1. The molecule has 0 spiro atoms. The van der Waals surface area contributed by atoms with Gasteiger partial charge in [0.25, 0.3) is 5.56 Å². The van der Waals surface area contributed by atoms with E-state index in [4.69, 9.17) is 9.47 Å². The summed E-state index contributed by atoms with van der Waals surface area (Å²) in [5.74, 6) is 1.73. The van der Waals surface area contributed by atoms with E-state index in [0.29, 0.717) is 31.9 Å². The van der Waals surface area contributed by atoms with Crippen LogP contribution in [0.2, 0.25) is 0 Å². The van der Waals surface area contributed by atoms with Crippen LogP contribution in [0.3, 0.4) is 0 Å². The van der Waals surface area contributed by atoms with Crippen LogP contribution in [0.1, 0.15) is 34.1 Å². The third-order valence-corrected chi connectivity index (χ3v) is 6.78. The number of ether oxygens (including phenoxy) is 2. The number of para-hydroxylation sites is 1. The van der Waals surface area contributed by atoms with Gasteiger partial charge in [0.05, 0.1) is 18.8 Å². The zero-order valence-electron chi connectivity index (χ0n) is 20.2. The van der Waals surface area contributed by atoms with E-state index in [2.05, 4.69) is 57.4 Å². The molecule has 1 fully saturated rings. The van der Waals surface area contributed by atoms with Crippen molar-refractivity contribution in [1.82, 2.24) is 9.97 Å². The van der Waals surface area contributed by atoms with Crippen molar-refractivity contribution in [3.63, 3.8) is 0 Å². The molecule has 0 saturated carbocycles. The molecule has 2 aliphatic rings. The zero-order chi connectivity index (χ0) is 24.5. The van der Waals surface area contributed by atoms with Gasteiger partial charge in [-0.25, -0.2) is 0 Å². The van der Waals surface area contributed by atoms with Crippen LogP contribution in [0.15, 0.2) is 77.9 Å². The van der Waals surface area contributed by atoms with E-state index in [1.165, 1.54) is 5.56 Å². The number of hydrogen-bond acceptors (Lipinski definition) is 6. The van der Waals surface area contributed by atoms with E-state index >= 15 is 0 Å². The lowest BCUT2D eigenvalue weighted by Gasteiger charge is -2.35. The Morgan fingerprint density at radius 3 is 2.94 bits per heavy atom. The molecule has 2 aromatic heterocycles. The summed E-state index contributed by atoms with van der Waals surface area (Å²) in [4.78, 5) is 21.6. The van der Waals surface area contributed by atoms with Gasteiger partial charge in [0.15, 0.2) is 0 Å². The minimum atomic E-state index is -0.183. The largest absolute Gasteiger partial charge is 0.456 e. The molecule has 0 radical (unpaired) electrons. The summed E-state index contributed by atoms with van der Waals surface area (Å²) in [6.45, 7) is 4.56. The Morgan fingerprint density at radius 1 is 1.11 bits per heavy atom. The summed E-state index contributed by atoms with van der Waals surface area (Å²) in [7, 11) is 0. The summed E-state index contributed by atoms with van der Waals surface area (Å²) >= 11 is 0. The minimum absolute atomic E-state index is 0.0824. The quantitative estimate of drug-likeness (QED) is 0.370. The number of aryl methyl sites for hydroxylation is 1. The highest BCUT2D eigenvalue weighted by Crippen LogP contribution is 2.43. The molecule has 2 aliphatic heterocycles. The molecule has 0 bridgehead atoms. The van der Waals surface area contributed by atoms with Crippen molar-refractivity contribution < 1.29 is 9.47 Å². The van der Waals surface area contributed by atoms with Crippen LogP contribution in [0.4, 0.5) is 11.4 Å². The molecule has 1 unspecified atom stereocenters. The van der Waals surface area contributed by atoms with Crippen LogP contribution < -0.4 is 20.5 Å². The van der Waals surface area contributed by atoms with Gasteiger partial charge < -0.3 is 24.7 Å². The van der Waals surface area contributed by atoms with Gasteiger partial charge in [-0.1, -0.05) is 18.2 Å². The Kier molecular flexibility index (Phi) is 5.91. The number of anilines is 2. The molecule has 36 heavy (non-hydrogen) atoms. The number of aromatic nitrogens is 2. The molecular formula is C29H28N4O3. The van der Waals surface area contributed by atoms with Gasteiger partial charge in [-0.3, -0.25) is 9.78 Å². The van der Waals surface area contributed by atoms with Crippen LogP contribution in [-0.4, -0.2) is 29.7 Å². The number of hydrogen-bond donors (Lipinski definition) is 2. The van der Waals surface area contributed by atoms with Crippen molar-refractivity contribution in [2.45, 2.75) is 26.0 Å². The van der Waals surface area contributed by atoms with Crippen molar-refractivity contribution in [2.24, 2.45) is 0 Å². The van der Waals surface area contributed by atoms with Gasteiger partial charge >= 0.3 is 0 Å². The Bertz CT molecular complexity index is 1470. The van der Waals surface area contributed by atoms with Gasteiger partial charge in [0.2, 0.25) is 0 Å². The van der Waals surface area contributed by atoms with E-state index in [-0.39, 0.29) is 11.7 Å². The van der Waals surface area contributed by atoms with E-state index in [0.717, 1.165) is 46.0 Å². The molecule has 182 valence electrons. The third kappa shape index (κ3) is 4.45. The van der Waals surface area contributed by atoms with Gasteiger partial charge in [0, 0.05) is 48.7 Å². The second-order valence-electron chi connectivity index (χ2n) is 9.30. The molecule has 2 aromatic carbocycles. The van der Waals surface area contributed by atoms with Crippen molar-refractivity contribution in [3.05, 3.63) is 111 Å². The third-order valence-electron chi connectivity index (χ3n) is 6.78. The number of pyridine rings is 2. The van der Waals surface area contributed by atoms with Crippen molar-refractivity contribution in [3.8, 4) is 11.5 Å². The number of nitrogens with one attached hydrogen (secondary N) is 2. The molecule has 2 N–H and O–H groups in total. The average molecular weight is 481 g/mol. The molecule has 0 aliphatic carbocycles. The maximum Gasteiger partial charge on any atom is 0.271 e. The number of benzene rings is 2. The number of fused-ring (bicyclic) bond motifs is 2. The maximum atomic E-state index is 12.3. The first-order valence-corrected chi connectivity index (χ1v) is 12.3. The number of rotatable bonds is 5.